The van der Waals surface area contributed by atoms with Crippen LogP contribution in [-0.2, 0) is 4.74 Å². The first kappa shape index (κ1) is 54.8. The minimum Gasteiger partial charge on any atom is -0.462 e. The summed E-state index contributed by atoms with van der Waals surface area (Å²) in [5, 5.41) is 0. The molecule has 0 aromatic heterocycles. The molecule has 406 valence electrons. The van der Waals surface area contributed by atoms with Crippen molar-refractivity contribution >= 4 is 53.8 Å². The summed E-state index contributed by atoms with van der Waals surface area (Å²) in [6.45, 7) is 13.1. The molecule has 0 amide bonds. The summed E-state index contributed by atoms with van der Waals surface area (Å²) in [4.78, 5) is 14.5. The van der Waals surface area contributed by atoms with Crippen molar-refractivity contribution in [1.82, 2.24) is 0 Å². The number of hydrogen-bond donors (Lipinski definition) is 0. The van der Waals surface area contributed by atoms with Gasteiger partial charge in [-0.05, 0) is 110 Å². The van der Waals surface area contributed by atoms with E-state index in [0.717, 1.165) is 161 Å². The summed E-state index contributed by atoms with van der Waals surface area (Å²) in [5.74, 6) is 4.46. The van der Waals surface area contributed by atoms with Crippen LogP contribution in [0.3, 0.4) is 0 Å². The van der Waals surface area contributed by atoms with Crippen LogP contribution in [0.4, 0.5) is 0 Å². The van der Waals surface area contributed by atoms with E-state index >= 15 is 0 Å². The Bertz CT molecular complexity index is 2780. The molecule has 0 saturated heterocycles. The highest BCUT2D eigenvalue weighted by Crippen LogP contribution is 2.61. The average Bonchev–Trinajstić information content (AvgIpc) is 3.44. The molecule has 10 rings (SSSR count). The Morgan fingerprint density at radius 1 is 0.461 bits per heavy atom. The van der Waals surface area contributed by atoms with E-state index in [4.69, 9.17) is 42.6 Å². The summed E-state index contributed by atoms with van der Waals surface area (Å²) in [6, 6.07) is 17.3. The molecule has 4 heterocycles. The molecule has 4 aliphatic heterocycles. The average molecular weight is 1230 g/mol. The number of halogens is 3. The zero-order chi connectivity index (χ0) is 53.0. The molecule has 0 radical (unpaired) electrons. The minimum absolute atomic E-state index is 0.0397. The zero-order valence-corrected chi connectivity index (χ0v) is 49.8. The summed E-state index contributed by atoms with van der Waals surface area (Å²) < 4.78 is 63.6. The largest absolute Gasteiger partial charge is 0.462 e. The van der Waals surface area contributed by atoms with Gasteiger partial charge in [0.2, 0.25) is 27.2 Å². The van der Waals surface area contributed by atoms with Gasteiger partial charge in [0.05, 0.1) is 17.7 Å². The Hall–Kier alpha value is -4.59. The van der Waals surface area contributed by atoms with E-state index in [1.165, 1.54) is 0 Å². The first-order chi connectivity index (χ1) is 37.1. The third-order valence-corrected chi connectivity index (χ3v) is 18.1. The Balaban J connectivity index is 1.39. The maximum Gasteiger partial charge on any atom is 0.338 e. The van der Waals surface area contributed by atoms with E-state index in [2.05, 4.69) is 99.8 Å². The number of unbranched alkanes of at least 4 members (excludes halogenated alkanes) is 8. The smallest absolute Gasteiger partial charge is 0.338 e. The fourth-order valence-electron chi connectivity index (χ4n) is 12.3. The minimum atomic E-state index is -0.404. The highest BCUT2D eigenvalue weighted by molar-refractivity contribution is 9.11. The van der Waals surface area contributed by atoms with E-state index in [-0.39, 0.29) is 63.4 Å². The lowest BCUT2D eigenvalue weighted by molar-refractivity contribution is 0.0459. The van der Waals surface area contributed by atoms with Gasteiger partial charge in [-0.15, -0.1) is 0 Å². The van der Waals surface area contributed by atoms with Crippen LogP contribution in [0.1, 0.15) is 223 Å². The quantitative estimate of drug-likeness (QED) is 0.0553. The fraction of sp³-hybridized carbons (Fsp3) is 0.508. The van der Waals surface area contributed by atoms with Crippen molar-refractivity contribution in [1.29, 1.82) is 0 Å². The molecule has 0 spiro atoms. The van der Waals surface area contributed by atoms with Crippen LogP contribution in [0.5, 0.6) is 46.0 Å². The second kappa shape index (κ2) is 24.6. The highest BCUT2D eigenvalue weighted by Gasteiger charge is 2.42. The SMILES string of the molecule is CCCCCC1c2cc3c4c(Br)c2OCOc2c1cc1c(c2Br)OCOc2c(cc5c(c2-c2ccccc2C(=O)OCC(C)C)OCOc2c(cc(c(c2Br)OCO4)C3CCCCC)C5CCCCC)C1CCCCC. The molecule has 76 heavy (non-hydrogen) atoms. The van der Waals surface area contributed by atoms with Gasteiger partial charge in [0.1, 0.15) is 59.4 Å². The third kappa shape index (κ3) is 10.6. The van der Waals surface area contributed by atoms with Crippen molar-refractivity contribution in [2.24, 2.45) is 5.92 Å². The van der Waals surface area contributed by atoms with Gasteiger partial charge in [-0.1, -0.05) is 137 Å². The van der Waals surface area contributed by atoms with E-state index < -0.39 is 5.97 Å². The monoisotopic (exact) mass is 1230 g/mol. The summed E-state index contributed by atoms with van der Waals surface area (Å²) >= 11 is 12.4. The Morgan fingerprint density at radius 3 is 1.05 bits per heavy atom. The van der Waals surface area contributed by atoms with Gasteiger partial charge in [-0.2, -0.15) is 0 Å². The van der Waals surface area contributed by atoms with Crippen molar-refractivity contribution in [2.45, 2.75) is 168 Å². The number of hydrogen-bond acceptors (Lipinski definition) is 10. The van der Waals surface area contributed by atoms with E-state index in [1.807, 2.05) is 38.1 Å². The van der Waals surface area contributed by atoms with E-state index in [9.17, 15) is 4.79 Å². The lowest BCUT2D eigenvalue weighted by Crippen LogP contribution is -2.24. The predicted molar refractivity (Wildman–Crippen MR) is 308 cm³/mol. The molecule has 8 bridgehead atoms. The third-order valence-electron chi connectivity index (χ3n) is 16.0. The van der Waals surface area contributed by atoms with Crippen LogP contribution in [-0.4, -0.2) is 39.7 Å². The highest BCUT2D eigenvalue weighted by atomic mass is 79.9. The number of carbonyl (C=O) groups is 1. The maximum absolute atomic E-state index is 14.5. The van der Waals surface area contributed by atoms with Crippen LogP contribution in [0, 0.1) is 5.92 Å². The lowest BCUT2D eigenvalue weighted by atomic mass is 9.75. The fourth-order valence-corrected chi connectivity index (χ4v) is 14.3. The molecule has 10 nitrogen and oxygen atoms in total. The number of benzene rings is 5. The number of rotatable bonds is 20. The number of carbonyl (C=O) groups excluding carboxylic acids is 1. The van der Waals surface area contributed by atoms with Gasteiger partial charge in [-0.3, -0.25) is 0 Å². The van der Waals surface area contributed by atoms with Gasteiger partial charge >= 0.3 is 5.97 Å². The van der Waals surface area contributed by atoms with Crippen molar-refractivity contribution < 1.29 is 47.4 Å². The van der Waals surface area contributed by atoms with Gasteiger partial charge in [0, 0.05) is 73.7 Å². The second-order valence-corrected chi connectivity index (χ2v) is 23.9. The van der Waals surface area contributed by atoms with Gasteiger partial charge in [-0.25, -0.2) is 4.79 Å². The summed E-state index contributed by atoms with van der Waals surface area (Å²) in [5.41, 5.74) is 10.3. The molecule has 4 unspecified atom stereocenters. The Kier molecular flexibility index (Phi) is 17.7. The summed E-state index contributed by atoms with van der Waals surface area (Å²) in [6.07, 6.45) is 15.7. The van der Waals surface area contributed by atoms with Crippen LogP contribution in [0.25, 0.3) is 11.1 Å². The number of esters is 1. The van der Waals surface area contributed by atoms with Crippen molar-refractivity contribution in [2.75, 3.05) is 33.8 Å². The molecular weight excluding hydrogens is 1160 g/mol. The Labute approximate surface area is 474 Å². The first-order valence-corrected chi connectivity index (χ1v) is 30.6. The molecular formula is C63H73Br3O10. The molecule has 5 aromatic carbocycles. The van der Waals surface area contributed by atoms with Crippen LogP contribution >= 0.6 is 47.8 Å². The second-order valence-electron chi connectivity index (χ2n) is 21.5. The van der Waals surface area contributed by atoms with E-state index in [0.29, 0.717) is 62.7 Å². The molecule has 0 saturated carbocycles. The molecule has 4 atom stereocenters. The van der Waals surface area contributed by atoms with Crippen molar-refractivity contribution in [3.63, 3.8) is 0 Å². The molecule has 5 aliphatic rings. The molecule has 5 aromatic rings. The molecule has 0 N–H and O–H groups in total. The Morgan fingerprint density at radius 2 is 0.750 bits per heavy atom. The zero-order valence-electron chi connectivity index (χ0n) is 45.1. The van der Waals surface area contributed by atoms with E-state index in [1.54, 1.807) is 0 Å². The molecule has 1 aliphatic carbocycles. The predicted octanol–water partition coefficient (Wildman–Crippen LogP) is 18.5. The standard InChI is InChI=1S/C63H73Br3O10/c1-7-11-15-21-37-43-27-44-38(22-16-12-8-2)46-29-48-40(24-18-14-10-4)50-30-49-39(23-17-13-9-3)47-28-45(37)57-52(64)59(47)73-34-75-61(49)54(66)62(50)76-35-74-60(48)53(65)58(46)72-33-70-56(44)51(55(43)69-32-71-57)41-25-19-20-26-42(41)63(67)68-31-36(5)6/h19-20,25-30,36-40H,7-18,21-24,31-35H2,1-6H3. The summed E-state index contributed by atoms with van der Waals surface area (Å²) in [7, 11) is 0. The molecule has 0 fully saturated rings. The molecule has 13 heteroatoms. The van der Waals surface area contributed by atoms with Crippen LogP contribution in [0.2, 0.25) is 0 Å². The number of ether oxygens (including phenoxy) is 9. The van der Waals surface area contributed by atoms with Crippen molar-refractivity contribution in [3.05, 3.63) is 112 Å². The van der Waals surface area contributed by atoms with Crippen LogP contribution < -0.4 is 37.9 Å². The topological polar surface area (TPSA) is 100 Å². The van der Waals surface area contributed by atoms with Crippen molar-refractivity contribution in [3.8, 4) is 57.1 Å². The van der Waals surface area contributed by atoms with Gasteiger partial charge < -0.3 is 42.6 Å². The maximum atomic E-state index is 14.5. The van der Waals surface area contributed by atoms with Crippen LogP contribution in [0.15, 0.2) is 61.9 Å². The first-order valence-electron chi connectivity index (χ1n) is 28.2. The normalized spacial score (nSPS) is 18.4. The lowest BCUT2D eigenvalue weighted by Gasteiger charge is -2.37. The van der Waals surface area contributed by atoms with Gasteiger partial charge in [0.25, 0.3) is 0 Å². The van der Waals surface area contributed by atoms with Gasteiger partial charge in [0.15, 0.2) is 0 Å².